The maximum atomic E-state index is 11.3. The van der Waals surface area contributed by atoms with Crippen LogP contribution < -0.4 is 16.4 Å². The monoisotopic (exact) mass is 349 g/mol. The molecule has 2 atom stereocenters. The van der Waals surface area contributed by atoms with Gasteiger partial charge in [-0.3, -0.25) is 4.79 Å². The Balaban J connectivity index is 0.00000118. The van der Waals surface area contributed by atoms with Crippen LogP contribution in [0, 0.1) is 0 Å². The van der Waals surface area contributed by atoms with Crippen molar-refractivity contribution in [3.8, 4) is 0 Å². The van der Waals surface area contributed by atoms with Crippen LogP contribution in [0.5, 0.6) is 0 Å². The molecule has 0 aliphatic heterocycles. The number of urea groups is 1. The number of hydrogen-bond donors (Lipinski definition) is 7. The Bertz CT molecular complexity index is 544. The predicted molar refractivity (Wildman–Crippen MR) is 75.5 cm³/mol. The second kappa shape index (κ2) is 10.9. The van der Waals surface area contributed by atoms with E-state index in [4.69, 9.17) is 35.4 Å². The van der Waals surface area contributed by atoms with E-state index in [1.807, 2.05) is 5.32 Å². The standard InChI is InChI=1S/C9H15N5O6.C2H4O2/c10-4(2-15)7-14-13-6(20-7)1-11-9(19)12-5(3-16)8(17)18;1-2(3)4/h4-5,15-16H,1-3,10H2,(H,17,18)(H2,11,12,19);1H3,(H,3,4). The van der Waals surface area contributed by atoms with Crippen molar-refractivity contribution in [3.05, 3.63) is 11.8 Å². The van der Waals surface area contributed by atoms with Crippen LogP contribution >= 0.6 is 0 Å². The first-order valence-electron chi connectivity index (χ1n) is 6.47. The van der Waals surface area contributed by atoms with Crippen molar-refractivity contribution >= 4 is 18.0 Å². The third kappa shape index (κ3) is 8.62. The Kier molecular flexibility index (Phi) is 9.62. The lowest BCUT2D eigenvalue weighted by molar-refractivity contribution is -0.140. The molecular weight excluding hydrogens is 330 g/mol. The van der Waals surface area contributed by atoms with E-state index in [1.54, 1.807) is 0 Å². The lowest BCUT2D eigenvalue weighted by Crippen LogP contribution is -2.47. The van der Waals surface area contributed by atoms with E-state index in [1.165, 1.54) is 0 Å². The maximum Gasteiger partial charge on any atom is 0.328 e. The van der Waals surface area contributed by atoms with E-state index in [2.05, 4.69) is 15.5 Å². The number of aliphatic hydroxyl groups excluding tert-OH is 2. The highest BCUT2D eigenvalue weighted by Crippen LogP contribution is 2.07. The van der Waals surface area contributed by atoms with Crippen molar-refractivity contribution in [1.82, 2.24) is 20.8 Å². The van der Waals surface area contributed by atoms with Crippen LogP contribution in [-0.4, -0.2) is 67.8 Å². The average Bonchev–Trinajstić information content (AvgIpc) is 2.97. The first-order valence-corrected chi connectivity index (χ1v) is 6.47. The molecule has 24 heavy (non-hydrogen) atoms. The fourth-order valence-corrected chi connectivity index (χ4v) is 1.12. The largest absolute Gasteiger partial charge is 0.481 e. The number of aliphatic carboxylic acids is 2. The number of carboxylic acid groups (broad SMARTS) is 2. The van der Waals surface area contributed by atoms with E-state index < -0.39 is 36.7 Å². The van der Waals surface area contributed by atoms with Crippen LogP contribution in [0.15, 0.2) is 4.42 Å². The van der Waals surface area contributed by atoms with Crippen LogP contribution in [0.25, 0.3) is 0 Å². The van der Waals surface area contributed by atoms with E-state index in [-0.39, 0.29) is 24.9 Å². The number of hydrogen-bond acceptors (Lipinski definition) is 9. The number of nitrogens with one attached hydrogen (secondary N) is 2. The number of nitrogens with zero attached hydrogens (tertiary/aromatic N) is 2. The second-order valence-corrected chi connectivity index (χ2v) is 4.24. The molecular formula is C11H19N5O8. The van der Waals surface area contributed by atoms with Gasteiger partial charge in [-0.25, -0.2) is 9.59 Å². The SMILES string of the molecule is CC(=O)O.NC(CO)c1nnc(CNC(=O)NC(CO)C(=O)O)o1. The quantitative estimate of drug-likeness (QED) is 0.270. The summed E-state index contributed by atoms with van der Waals surface area (Å²) in [5, 5.41) is 45.0. The second-order valence-electron chi connectivity index (χ2n) is 4.24. The summed E-state index contributed by atoms with van der Waals surface area (Å²) in [7, 11) is 0. The van der Waals surface area contributed by atoms with E-state index in [9.17, 15) is 9.59 Å². The number of nitrogens with two attached hydrogens (primary N) is 1. The lowest BCUT2D eigenvalue weighted by Gasteiger charge is -2.11. The van der Waals surface area contributed by atoms with Crippen LogP contribution in [0.2, 0.25) is 0 Å². The van der Waals surface area contributed by atoms with Crippen molar-refractivity contribution in [2.24, 2.45) is 5.73 Å². The third-order valence-electron chi connectivity index (χ3n) is 2.18. The molecule has 0 saturated heterocycles. The number of aliphatic hydroxyl groups is 2. The van der Waals surface area contributed by atoms with E-state index >= 15 is 0 Å². The first-order chi connectivity index (χ1) is 11.2. The molecule has 2 amide bonds. The highest BCUT2D eigenvalue weighted by Gasteiger charge is 2.19. The highest BCUT2D eigenvalue weighted by atomic mass is 16.4. The van der Waals surface area contributed by atoms with Crippen molar-refractivity contribution in [2.75, 3.05) is 13.2 Å². The van der Waals surface area contributed by atoms with Gasteiger partial charge in [0.25, 0.3) is 5.97 Å². The normalized spacial score (nSPS) is 12.3. The summed E-state index contributed by atoms with van der Waals surface area (Å²) >= 11 is 0. The fourth-order valence-electron chi connectivity index (χ4n) is 1.12. The molecule has 13 nitrogen and oxygen atoms in total. The molecule has 0 saturated carbocycles. The van der Waals surface area contributed by atoms with Crippen LogP contribution in [0.4, 0.5) is 4.79 Å². The minimum Gasteiger partial charge on any atom is -0.481 e. The van der Waals surface area contributed by atoms with Crippen LogP contribution in [0.1, 0.15) is 24.7 Å². The molecule has 2 unspecified atom stereocenters. The van der Waals surface area contributed by atoms with E-state index in [0.717, 1.165) is 6.92 Å². The summed E-state index contributed by atoms with van der Waals surface area (Å²) in [6.45, 7) is -0.181. The maximum absolute atomic E-state index is 11.3. The number of rotatable bonds is 7. The van der Waals surface area contributed by atoms with Crippen molar-refractivity contribution in [2.45, 2.75) is 25.6 Å². The minimum atomic E-state index is -1.41. The Morgan fingerprint density at radius 2 is 1.79 bits per heavy atom. The number of amides is 2. The topological polar surface area (TPSA) is 221 Å². The molecule has 0 spiro atoms. The van der Waals surface area contributed by atoms with Gasteiger partial charge in [0.2, 0.25) is 11.8 Å². The van der Waals surface area contributed by atoms with Crippen LogP contribution in [-0.2, 0) is 16.1 Å². The highest BCUT2D eigenvalue weighted by molar-refractivity contribution is 5.82. The fraction of sp³-hybridized carbons (Fsp3) is 0.545. The molecule has 0 fully saturated rings. The van der Waals surface area contributed by atoms with Gasteiger partial charge in [-0.2, -0.15) is 0 Å². The number of carboxylic acids is 2. The van der Waals surface area contributed by atoms with Gasteiger partial charge in [-0.05, 0) is 0 Å². The van der Waals surface area contributed by atoms with Gasteiger partial charge in [0.05, 0.1) is 19.8 Å². The molecule has 8 N–H and O–H groups in total. The summed E-state index contributed by atoms with van der Waals surface area (Å²) in [6.07, 6.45) is 0. The van der Waals surface area contributed by atoms with Gasteiger partial charge in [0, 0.05) is 6.92 Å². The van der Waals surface area contributed by atoms with Crippen molar-refractivity contribution in [1.29, 1.82) is 0 Å². The first kappa shape index (κ1) is 21.2. The molecule has 0 radical (unpaired) electrons. The minimum absolute atomic E-state index is 0.0171. The Hall–Kier alpha value is -2.77. The smallest absolute Gasteiger partial charge is 0.328 e. The zero-order valence-corrected chi connectivity index (χ0v) is 12.7. The zero-order chi connectivity index (χ0) is 18.7. The van der Waals surface area contributed by atoms with Gasteiger partial charge in [0.15, 0.2) is 6.04 Å². The summed E-state index contributed by atoms with van der Waals surface area (Å²) < 4.78 is 5.05. The van der Waals surface area contributed by atoms with E-state index in [0.29, 0.717) is 0 Å². The van der Waals surface area contributed by atoms with Gasteiger partial charge in [0.1, 0.15) is 6.04 Å². The summed E-state index contributed by atoms with van der Waals surface area (Å²) in [5.74, 6) is -2.14. The number of carbonyl (C=O) groups is 3. The molecule has 0 aliphatic rings. The van der Waals surface area contributed by atoms with Gasteiger partial charge in [-0.1, -0.05) is 0 Å². The van der Waals surface area contributed by atoms with Crippen LogP contribution in [0.3, 0.4) is 0 Å². The van der Waals surface area contributed by atoms with Gasteiger partial charge in [-0.15, -0.1) is 10.2 Å². The molecule has 13 heteroatoms. The average molecular weight is 349 g/mol. The number of carbonyl (C=O) groups excluding carboxylic acids is 1. The molecule has 0 aromatic carbocycles. The van der Waals surface area contributed by atoms with Crippen molar-refractivity contribution < 1.29 is 39.2 Å². The zero-order valence-electron chi connectivity index (χ0n) is 12.7. The Labute approximate surface area is 135 Å². The number of aromatic nitrogens is 2. The summed E-state index contributed by atoms with van der Waals surface area (Å²) in [4.78, 5) is 30.9. The van der Waals surface area contributed by atoms with Crippen molar-refractivity contribution in [3.63, 3.8) is 0 Å². The summed E-state index contributed by atoms with van der Waals surface area (Å²) in [6, 6.07) is -3.04. The third-order valence-corrected chi connectivity index (χ3v) is 2.18. The Morgan fingerprint density at radius 1 is 1.21 bits per heavy atom. The Morgan fingerprint density at radius 3 is 2.25 bits per heavy atom. The molecule has 1 aromatic rings. The molecule has 0 bridgehead atoms. The van der Waals surface area contributed by atoms with Gasteiger partial charge >= 0.3 is 12.0 Å². The predicted octanol–water partition coefficient (Wildman–Crippen LogP) is -2.60. The molecule has 0 aliphatic carbocycles. The lowest BCUT2D eigenvalue weighted by atomic mass is 10.3. The van der Waals surface area contributed by atoms with Gasteiger partial charge < -0.3 is 41.2 Å². The summed E-state index contributed by atoms with van der Waals surface area (Å²) in [5.41, 5.74) is 5.44. The molecule has 1 heterocycles. The molecule has 1 rings (SSSR count). The molecule has 1 aromatic heterocycles. The molecule has 136 valence electrons.